The van der Waals surface area contributed by atoms with E-state index in [9.17, 15) is 14.3 Å². The van der Waals surface area contributed by atoms with Crippen LogP contribution in [-0.2, 0) is 0 Å². The first kappa shape index (κ1) is 21.6. The molecule has 7 nitrogen and oxygen atoms in total. The number of phenols is 1. The van der Waals surface area contributed by atoms with E-state index in [-0.39, 0.29) is 51.9 Å². The molecule has 1 atom stereocenters. The van der Waals surface area contributed by atoms with E-state index in [0.29, 0.717) is 36.6 Å². The molecule has 2 N–H and O–H groups in total. The maximum Gasteiger partial charge on any atom is 0.260 e. The lowest BCUT2D eigenvalue weighted by Crippen LogP contribution is -2.54. The number of ether oxygens (including phenoxy) is 1. The van der Waals surface area contributed by atoms with E-state index >= 15 is 0 Å². The predicted molar refractivity (Wildman–Crippen MR) is 122 cm³/mol. The smallest absolute Gasteiger partial charge is 0.260 e. The number of phenolic OH excluding ortho intramolecular Hbond substituents is 1. The monoisotopic (exact) mass is 468 g/mol. The summed E-state index contributed by atoms with van der Waals surface area (Å²) in [5.41, 5.74) is 2.54. The number of nitrogens with one attached hydrogen (secondary N) is 1. The van der Waals surface area contributed by atoms with Crippen LogP contribution in [0.3, 0.4) is 0 Å². The molecule has 2 aliphatic heterocycles. The SMILES string of the molecule is Cc1ccnc(C)c1-c1nc(-c2c(O)cccc2F)c(Cl)c2c1C(=O)N1CCNC[C@@H]1CO2. The molecule has 0 unspecified atom stereocenters. The van der Waals surface area contributed by atoms with E-state index in [1.807, 2.05) is 19.9 Å². The fourth-order valence-electron chi connectivity index (χ4n) is 4.52. The van der Waals surface area contributed by atoms with Gasteiger partial charge in [0.1, 0.15) is 34.5 Å². The minimum atomic E-state index is -0.684. The Labute approximate surface area is 195 Å². The van der Waals surface area contributed by atoms with Crippen LogP contribution in [0, 0.1) is 19.7 Å². The number of pyridine rings is 2. The fraction of sp³-hybridized carbons (Fsp3) is 0.292. The first-order valence-corrected chi connectivity index (χ1v) is 11.0. The highest BCUT2D eigenvalue weighted by Gasteiger charge is 2.38. The summed E-state index contributed by atoms with van der Waals surface area (Å²) in [7, 11) is 0. The molecule has 1 fully saturated rings. The minimum absolute atomic E-state index is 0.00877. The van der Waals surface area contributed by atoms with Crippen molar-refractivity contribution in [1.82, 2.24) is 20.2 Å². The lowest BCUT2D eigenvalue weighted by Gasteiger charge is -2.34. The van der Waals surface area contributed by atoms with Crippen molar-refractivity contribution in [2.24, 2.45) is 0 Å². The van der Waals surface area contributed by atoms with Crippen LogP contribution in [0.2, 0.25) is 5.02 Å². The molecular formula is C24H22ClFN4O3. The second-order valence-electron chi connectivity index (χ2n) is 8.22. The molecule has 2 aliphatic rings. The number of carbonyl (C=O) groups is 1. The van der Waals surface area contributed by atoms with Crippen molar-refractivity contribution in [3.63, 3.8) is 0 Å². The number of rotatable bonds is 2. The van der Waals surface area contributed by atoms with Crippen molar-refractivity contribution >= 4 is 17.5 Å². The molecule has 0 saturated carbocycles. The molecule has 170 valence electrons. The zero-order valence-electron chi connectivity index (χ0n) is 18.2. The van der Waals surface area contributed by atoms with Gasteiger partial charge in [0, 0.05) is 37.1 Å². The molecule has 2 aromatic heterocycles. The predicted octanol–water partition coefficient (Wildman–Crippen LogP) is 3.73. The number of fused-ring (bicyclic) bond motifs is 2. The zero-order valence-corrected chi connectivity index (χ0v) is 18.9. The first-order chi connectivity index (χ1) is 15.9. The van der Waals surface area contributed by atoms with Crippen LogP contribution in [-0.4, -0.2) is 58.2 Å². The number of piperazine rings is 1. The average molecular weight is 469 g/mol. The van der Waals surface area contributed by atoms with Gasteiger partial charge in [0.15, 0.2) is 5.75 Å². The van der Waals surface area contributed by atoms with Crippen LogP contribution in [0.5, 0.6) is 11.5 Å². The number of aromatic hydroxyl groups is 1. The Morgan fingerprint density at radius 1 is 1.21 bits per heavy atom. The normalized spacial score (nSPS) is 17.8. The van der Waals surface area contributed by atoms with E-state index in [4.69, 9.17) is 16.3 Å². The lowest BCUT2D eigenvalue weighted by atomic mass is 9.96. The highest BCUT2D eigenvalue weighted by Crippen LogP contribution is 2.46. The molecule has 9 heteroatoms. The number of benzene rings is 1. The second-order valence-corrected chi connectivity index (χ2v) is 8.59. The van der Waals surface area contributed by atoms with E-state index in [1.54, 1.807) is 11.1 Å². The van der Waals surface area contributed by atoms with Crippen molar-refractivity contribution in [2.75, 3.05) is 26.2 Å². The molecule has 5 rings (SSSR count). The zero-order chi connectivity index (χ0) is 23.3. The molecule has 1 aromatic carbocycles. The van der Waals surface area contributed by atoms with Gasteiger partial charge in [0.05, 0.1) is 17.3 Å². The molecule has 4 heterocycles. The molecule has 0 radical (unpaired) electrons. The van der Waals surface area contributed by atoms with Gasteiger partial charge in [0.25, 0.3) is 5.91 Å². The highest BCUT2D eigenvalue weighted by atomic mass is 35.5. The number of halogens is 2. The van der Waals surface area contributed by atoms with Crippen LogP contribution in [0.4, 0.5) is 4.39 Å². The maximum atomic E-state index is 14.8. The van der Waals surface area contributed by atoms with E-state index in [0.717, 1.165) is 5.56 Å². The summed E-state index contributed by atoms with van der Waals surface area (Å²) in [6, 6.07) is 5.62. The average Bonchev–Trinajstić information content (AvgIpc) is 2.93. The van der Waals surface area contributed by atoms with Gasteiger partial charge in [-0.1, -0.05) is 17.7 Å². The Balaban J connectivity index is 1.86. The van der Waals surface area contributed by atoms with Crippen LogP contribution < -0.4 is 10.1 Å². The second kappa shape index (κ2) is 8.28. The number of hydrogen-bond donors (Lipinski definition) is 2. The van der Waals surface area contributed by atoms with Gasteiger partial charge < -0.3 is 20.1 Å². The summed E-state index contributed by atoms with van der Waals surface area (Å²) in [6.07, 6.45) is 1.68. The van der Waals surface area contributed by atoms with Gasteiger partial charge in [0.2, 0.25) is 0 Å². The Morgan fingerprint density at radius 2 is 2.03 bits per heavy atom. The standard InChI is InChI=1S/C24H22ClFN4O3/c1-12-6-7-28-13(2)17(12)21-19-23(33-11-14-10-27-8-9-30(14)24(19)32)20(25)22(29-21)18-15(26)4-3-5-16(18)31/h3-7,14,27,31H,8-11H2,1-2H3/t14-/m1/s1. The molecule has 1 amide bonds. The molecule has 1 saturated heterocycles. The Bertz CT molecular complexity index is 1240. The van der Waals surface area contributed by atoms with Gasteiger partial charge in [-0.2, -0.15) is 0 Å². The summed E-state index contributed by atoms with van der Waals surface area (Å²) in [6.45, 7) is 5.71. The summed E-state index contributed by atoms with van der Waals surface area (Å²) < 4.78 is 20.9. The quantitative estimate of drug-likeness (QED) is 0.596. The van der Waals surface area contributed by atoms with Crippen molar-refractivity contribution in [3.05, 3.63) is 58.1 Å². The number of aromatic nitrogens is 2. The van der Waals surface area contributed by atoms with Crippen LogP contribution in [0.1, 0.15) is 21.6 Å². The number of hydrogen-bond acceptors (Lipinski definition) is 6. The number of amides is 1. The molecule has 33 heavy (non-hydrogen) atoms. The van der Waals surface area contributed by atoms with Crippen molar-refractivity contribution in [2.45, 2.75) is 19.9 Å². The van der Waals surface area contributed by atoms with Gasteiger partial charge in [-0.15, -0.1) is 0 Å². The lowest BCUT2D eigenvalue weighted by molar-refractivity contribution is 0.0607. The first-order valence-electron chi connectivity index (χ1n) is 10.7. The molecule has 0 aliphatic carbocycles. The molecule has 3 aromatic rings. The Kier molecular flexibility index (Phi) is 5.42. The minimum Gasteiger partial charge on any atom is -0.507 e. The molecule has 0 spiro atoms. The summed E-state index contributed by atoms with van der Waals surface area (Å²) >= 11 is 6.71. The number of nitrogens with zero attached hydrogens (tertiary/aromatic N) is 3. The van der Waals surface area contributed by atoms with Gasteiger partial charge in [-0.3, -0.25) is 9.78 Å². The Morgan fingerprint density at radius 3 is 2.79 bits per heavy atom. The van der Waals surface area contributed by atoms with Crippen molar-refractivity contribution < 1.29 is 19.0 Å². The third-order valence-electron chi connectivity index (χ3n) is 6.15. The van der Waals surface area contributed by atoms with Crippen LogP contribution in [0.15, 0.2) is 30.5 Å². The largest absolute Gasteiger partial charge is 0.507 e. The molecule has 0 bridgehead atoms. The van der Waals surface area contributed by atoms with E-state index in [1.165, 1.54) is 18.2 Å². The van der Waals surface area contributed by atoms with Crippen LogP contribution >= 0.6 is 11.6 Å². The van der Waals surface area contributed by atoms with Gasteiger partial charge in [-0.25, -0.2) is 9.37 Å². The Hall–Kier alpha value is -3.23. The van der Waals surface area contributed by atoms with Crippen molar-refractivity contribution in [1.29, 1.82) is 0 Å². The third-order valence-corrected chi connectivity index (χ3v) is 6.50. The van der Waals surface area contributed by atoms with Gasteiger partial charge >= 0.3 is 0 Å². The highest BCUT2D eigenvalue weighted by molar-refractivity contribution is 6.35. The summed E-state index contributed by atoms with van der Waals surface area (Å²) in [4.78, 5) is 24.6. The van der Waals surface area contributed by atoms with Crippen LogP contribution in [0.25, 0.3) is 22.5 Å². The van der Waals surface area contributed by atoms with Crippen molar-refractivity contribution in [3.8, 4) is 34.0 Å². The van der Waals surface area contributed by atoms with E-state index in [2.05, 4.69) is 15.3 Å². The third kappa shape index (κ3) is 3.50. The topological polar surface area (TPSA) is 87.6 Å². The fourth-order valence-corrected chi connectivity index (χ4v) is 4.81. The van der Waals surface area contributed by atoms with Gasteiger partial charge in [-0.05, 0) is 37.6 Å². The number of carbonyl (C=O) groups excluding carboxylic acids is 1. The summed E-state index contributed by atoms with van der Waals surface area (Å²) in [5, 5.41) is 13.7. The number of aryl methyl sites for hydroxylation is 2. The molecular weight excluding hydrogens is 447 g/mol. The van der Waals surface area contributed by atoms with E-state index < -0.39 is 5.82 Å². The maximum absolute atomic E-state index is 14.8. The summed E-state index contributed by atoms with van der Waals surface area (Å²) in [5.74, 6) is -1.10.